The molecule has 1 aliphatic heterocycles. The number of rotatable bonds is 11. The SMILES string of the molecule is CSCCC(NC(=O)CN)C(=O)N1CCCC1C(=O)NC(CC(C)C)C(=O)O. The van der Waals surface area contributed by atoms with Crippen LogP contribution < -0.4 is 16.4 Å². The summed E-state index contributed by atoms with van der Waals surface area (Å²) in [4.78, 5) is 50.2. The van der Waals surface area contributed by atoms with Crippen LogP contribution in [0.5, 0.6) is 0 Å². The van der Waals surface area contributed by atoms with E-state index in [-0.39, 0.29) is 18.4 Å². The van der Waals surface area contributed by atoms with Gasteiger partial charge in [-0.05, 0) is 43.6 Å². The molecule has 1 saturated heterocycles. The molecule has 9 nitrogen and oxygen atoms in total. The van der Waals surface area contributed by atoms with E-state index in [2.05, 4.69) is 10.6 Å². The number of carboxylic acids is 1. The van der Waals surface area contributed by atoms with Crippen LogP contribution >= 0.6 is 11.8 Å². The van der Waals surface area contributed by atoms with E-state index in [9.17, 15) is 24.3 Å². The molecular weight excluding hydrogens is 384 g/mol. The van der Waals surface area contributed by atoms with Gasteiger partial charge >= 0.3 is 5.97 Å². The van der Waals surface area contributed by atoms with Crippen molar-refractivity contribution in [1.82, 2.24) is 15.5 Å². The van der Waals surface area contributed by atoms with Gasteiger partial charge in [-0.15, -0.1) is 0 Å². The maximum absolute atomic E-state index is 13.0. The fraction of sp³-hybridized carbons (Fsp3) is 0.778. The third kappa shape index (κ3) is 7.31. The lowest BCUT2D eigenvalue weighted by atomic mass is 10.0. The molecule has 1 aliphatic rings. The second kappa shape index (κ2) is 11.9. The number of carbonyl (C=O) groups excluding carboxylic acids is 3. The van der Waals surface area contributed by atoms with Crippen molar-refractivity contribution < 1.29 is 24.3 Å². The minimum absolute atomic E-state index is 0.102. The Hall–Kier alpha value is -1.81. The number of nitrogens with zero attached hydrogens (tertiary/aromatic N) is 1. The number of hydrogen-bond acceptors (Lipinski definition) is 6. The molecule has 10 heteroatoms. The number of hydrogen-bond donors (Lipinski definition) is 4. The molecule has 3 amide bonds. The van der Waals surface area contributed by atoms with Crippen LogP contribution in [-0.4, -0.2) is 76.9 Å². The van der Waals surface area contributed by atoms with Crippen LogP contribution in [0.4, 0.5) is 0 Å². The van der Waals surface area contributed by atoms with Gasteiger partial charge in [0.25, 0.3) is 0 Å². The van der Waals surface area contributed by atoms with Crippen LogP contribution in [0.15, 0.2) is 0 Å². The molecule has 0 aromatic carbocycles. The molecule has 0 aromatic heterocycles. The lowest BCUT2D eigenvalue weighted by molar-refractivity contribution is -0.145. The van der Waals surface area contributed by atoms with Gasteiger partial charge in [0.15, 0.2) is 0 Å². The average Bonchev–Trinajstić information content (AvgIpc) is 3.13. The molecule has 160 valence electrons. The minimum atomic E-state index is -1.09. The molecule has 0 bridgehead atoms. The smallest absolute Gasteiger partial charge is 0.326 e. The van der Waals surface area contributed by atoms with E-state index < -0.39 is 35.9 Å². The predicted molar refractivity (Wildman–Crippen MR) is 108 cm³/mol. The number of nitrogens with two attached hydrogens (primary N) is 1. The van der Waals surface area contributed by atoms with E-state index >= 15 is 0 Å². The standard InChI is InChI=1S/C18H32N4O5S/c1-11(2)9-13(18(26)27)21-16(24)14-5-4-7-22(14)17(25)12(6-8-28-3)20-15(23)10-19/h11-14H,4-10,19H2,1-3H3,(H,20,23)(H,21,24)(H,26,27). The van der Waals surface area contributed by atoms with Crippen LogP contribution in [-0.2, 0) is 19.2 Å². The minimum Gasteiger partial charge on any atom is -0.480 e. The monoisotopic (exact) mass is 416 g/mol. The highest BCUT2D eigenvalue weighted by Crippen LogP contribution is 2.20. The third-order valence-electron chi connectivity index (χ3n) is 4.59. The normalized spacial score (nSPS) is 18.6. The average molecular weight is 417 g/mol. The summed E-state index contributed by atoms with van der Waals surface area (Å²) >= 11 is 1.55. The van der Waals surface area contributed by atoms with Crippen LogP contribution in [0.1, 0.15) is 39.5 Å². The first-order valence-electron chi connectivity index (χ1n) is 9.53. The van der Waals surface area contributed by atoms with Crippen molar-refractivity contribution in [1.29, 1.82) is 0 Å². The summed E-state index contributed by atoms with van der Waals surface area (Å²) in [5.41, 5.74) is 5.34. The Bertz CT molecular complexity index is 572. The van der Waals surface area contributed by atoms with Crippen molar-refractivity contribution in [3.05, 3.63) is 0 Å². The molecule has 1 heterocycles. The van der Waals surface area contributed by atoms with Crippen molar-refractivity contribution in [2.45, 2.75) is 57.7 Å². The number of carbonyl (C=O) groups is 4. The van der Waals surface area contributed by atoms with Gasteiger partial charge in [-0.2, -0.15) is 11.8 Å². The summed E-state index contributed by atoms with van der Waals surface area (Å²) in [7, 11) is 0. The van der Waals surface area contributed by atoms with Crippen molar-refractivity contribution in [2.75, 3.05) is 25.1 Å². The van der Waals surface area contributed by atoms with E-state index in [0.717, 1.165) is 0 Å². The van der Waals surface area contributed by atoms with E-state index in [1.807, 2.05) is 20.1 Å². The number of amides is 3. The second-order valence-electron chi connectivity index (χ2n) is 7.32. The molecule has 0 spiro atoms. The van der Waals surface area contributed by atoms with E-state index in [4.69, 9.17) is 5.73 Å². The number of likely N-dealkylation sites (tertiary alicyclic amines) is 1. The zero-order chi connectivity index (χ0) is 21.3. The first-order valence-corrected chi connectivity index (χ1v) is 10.9. The Morgan fingerprint density at radius 3 is 2.43 bits per heavy atom. The van der Waals surface area contributed by atoms with E-state index in [1.165, 1.54) is 4.90 Å². The second-order valence-corrected chi connectivity index (χ2v) is 8.31. The van der Waals surface area contributed by atoms with Gasteiger partial charge in [-0.1, -0.05) is 13.8 Å². The summed E-state index contributed by atoms with van der Waals surface area (Å²) < 4.78 is 0. The van der Waals surface area contributed by atoms with Crippen molar-refractivity contribution in [2.24, 2.45) is 11.7 Å². The predicted octanol–water partition coefficient (Wildman–Crippen LogP) is -0.210. The van der Waals surface area contributed by atoms with E-state index in [0.29, 0.717) is 38.0 Å². The van der Waals surface area contributed by atoms with Gasteiger partial charge < -0.3 is 26.4 Å². The first-order chi connectivity index (χ1) is 13.2. The number of thioether (sulfide) groups is 1. The summed E-state index contributed by atoms with van der Waals surface area (Å²) in [6.07, 6.45) is 3.75. The van der Waals surface area contributed by atoms with Crippen LogP contribution in [0, 0.1) is 5.92 Å². The Morgan fingerprint density at radius 1 is 1.21 bits per heavy atom. The molecule has 3 unspecified atom stereocenters. The van der Waals surface area contributed by atoms with Crippen molar-refractivity contribution in [3.8, 4) is 0 Å². The topological polar surface area (TPSA) is 142 Å². The van der Waals surface area contributed by atoms with Crippen molar-refractivity contribution >= 4 is 35.5 Å². The Morgan fingerprint density at radius 2 is 1.89 bits per heavy atom. The van der Waals surface area contributed by atoms with Gasteiger partial charge in [0.1, 0.15) is 18.1 Å². The lowest BCUT2D eigenvalue weighted by Crippen LogP contribution is -2.56. The van der Waals surface area contributed by atoms with E-state index in [1.54, 1.807) is 11.8 Å². The molecule has 0 saturated carbocycles. The molecule has 1 rings (SSSR count). The van der Waals surface area contributed by atoms with Gasteiger partial charge in [0.05, 0.1) is 6.54 Å². The largest absolute Gasteiger partial charge is 0.480 e. The molecule has 28 heavy (non-hydrogen) atoms. The van der Waals surface area contributed by atoms with Gasteiger partial charge in [0.2, 0.25) is 17.7 Å². The highest BCUT2D eigenvalue weighted by atomic mass is 32.2. The number of aliphatic carboxylic acids is 1. The zero-order valence-electron chi connectivity index (χ0n) is 16.8. The summed E-state index contributed by atoms with van der Waals surface area (Å²) in [5.74, 6) is -1.54. The molecule has 0 aliphatic carbocycles. The number of nitrogens with one attached hydrogen (secondary N) is 2. The summed E-state index contributed by atoms with van der Waals surface area (Å²) in [6.45, 7) is 3.93. The summed E-state index contributed by atoms with van der Waals surface area (Å²) in [5, 5.41) is 14.5. The van der Waals surface area contributed by atoms with Gasteiger partial charge in [-0.3, -0.25) is 14.4 Å². The fourth-order valence-electron chi connectivity index (χ4n) is 3.21. The Kier molecular flexibility index (Phi) is 10.3. The van der Waals surface area contributed by atoms with Gasteiger partial charge in [0, 0.05) is 6.54 Å². The zero-order valence-corrected chi connectivity index (χ0v) is 17.6. The number of carboxylic acid groups (broad SMARTS) is 1. The molecule has 0 radical (unpaired) electrons. The highest BCUT2D eigenvalue weighted by Gasteiger charge is 2.38. The first kappa shape index (κ1) is 24.2. The highest BCUT2D eigenvalue weighted by molar-refractivity contribution is 7.98. The molecular formula is C18H32N4O5S. The van der Waals surface area contributed by atoms with Crippen molar-refractivity contribution in [3.63, 3.8) is 0 Å². The third-order valence-corrected chi connectivity index (χ3v) is 5.23. The van der Waals surface area contributed by atoms with Crippen LogP contribution in [0.3, 0.4) is 0 Å². The van der Waals surface area contributed by atoms with Crippen LogP contribution in [0.25, 0.3) is 0 Å². The molecule has 3 atom stereocenters. The summed E-state index contributed by atoms with van der Waals surface area (Å²) in [6, 6.07) is -2.47. The van der Waals surface area contributed by atoms with Crippen LogP contribution in [0.2, 0.25) is 0 Å². The fourth-order valence-corrected chi connectivity index (χ4v) is 3.68. The maximum atomic E-state index is 13.0. The Labute approximate surface area is 170 Å². The molecule has 1 fully saturated rings. The van der Waals surface area contributed by atoms with Gasteiger partial charge in [-0.25, -0.2) is 4.79 Å². The molecule has 5 N–H and O–H groups in total. The quantitative estimate of drug-likeness (QED) is 0.365. The Balaban J connectivity index is 2.86. The maximum Gasteiger partial charge on any atom is 0.326 e. The molecule has 0 aromatic rings. The lowest BCUT2D eigenvalue weighted by Gasteiger charge is -2.29.